The maximum absolute atomic E-state index is 12.3. The topological polar surface area (TPSA) is 44.8 Å². The lowest BCUT2D eigenvalue weighted by Crippen LogP contribution is -2.49. The molecular formula is C20H31N3O2. The summed E-state index contributed by atoms with van der Waals surface area (Å²) in [5.74, 6) is 0.690. The zero-order valence-electron chi connectivity index (χ0n) is 15.5. The molecule has 0 saturated carbocycles. The van der Waals surface area contributed by atoms with E-state index in [2.05, 4.69) is 24.1 Å². The van der Waals surface area contributed by atoms with Crippen LogP contribution in [0.1, 0.15) is 32.3 Å². The van der Waals surface area contributed by atoms with E-state index in [0.29, 0.717) is 24.7 Å². The minimum absolute atomic E-state index is 0.0657. The highest BCUT2D eigenvalue weighted by Crippen LogP contribution is 2.21. The molecule has 2 unspecified atom stereocenters. The number of morpholine rings is 1. The fourth-order valence-corrected chi connectivity index (χ4v) is 4.00. The number of carbonyl (C=O) groups excluding carboxylic acids is 1. The van der Waals surface area contributed by atoms with Crippen LogP contribution in [0.5, 0.6) is 0 Å². The third kappa shape index (κ3) is 5.44. The van der Waals surface area contributed by atoms with Crippen molar-refractivity contribution in [1.82, 2.24) is 15.1 Å². The van der Waals surface area contributed by atoms with E-state index in [1.54, 1.807) is 0 Å². The lowest BCUT2D eigenvalue weighted by atomic mass is 9.96. The van der Waals surface area contributed by atoms with Crippen LogP contribution >= 0.6 is 0 Å². The van der Waals surface area contributed by atoms with E-state index >= 15 is 0 Å². The Kier molecular flexibility index (Phi) is 6.32. The summed E-state index contributed by atoms with van der Waals surface area (Å²) >= 11 is 0. The summed E-state index contributed by atoms with van der Waals surface area (Å²) in [6.07, 6.45) is 2.85. The van der Waals surface area contributed by atoms with Crippen LogP contribution in [0.3, 0.4) is 0 Å². The lowest BCUT2D eigenvalue weighted by Gasteiger charge is -2.39. The summed E-state index contributed by atoms with van der Waals surface area (Å²) in [5.41, 5.74) is 1.14. The number of nitrogens with zero attached hydrogens (tertiary/aromatic N) is 2. The van der Waals surface area contributed by atoms with Crippen LogP contribution in [0.25, 0.3) is 0 Å². The SMILES string of the molecule is CC1CN(CC2CCN(C(=O)NCc3ccccc3)CC2)CC(C)O1. The number of hydrogen-bond acceptors (Lipinski definition) is 3. The van der Waals surface area contributed by atoms with Gasteiger partial charge in [0.1, 0.15) is 0 Å². The van der Waals surface area contributed by atoms with Gasteiger partial charge in [-0.05, 0) is 38.2 Å². The first-order valence-corrected chi connectivity index (χ1v) is 9.54. The van der Waals surface area contributed by atoms with Crippen LogP contribution < -0.4 is 5.32 Å². The normalized spacial score (nSPS) is 25.8. The van der Waals surface area contributed by atoms with Gasteiger partial charge in [0, 0.05) is 39.3 Å². The Morgan fingerprint density at radius 3 is 2.40 bits per heavy atom. The van der Waals surface area contributed by atoms with Gasteiger partial charge >= 0.3 is 6.03 Å². The Morgan fingerprint density at radius 2 is 1.76 bits per heavy atom. The monoisotopic (exact) mass is 345 g/mol. The fourth-order valence-electron chi connectivity index (χ4n) is 4.00. The highest BCUT2D eigenvalue weighted by molar-refractivity contribution is 5.74. The molecule has 25 heavy (non-hydrogen) atoms. The Hall–Kier alpha value is -1.59. The van der Waals surface area contributed by atoms with E-state index in [-0.39, 0.29) is 6.03 Å². The van der Waals surface area contributed by atoms with Crippen molar-refractivity contribution in [3.63, 3.8) is 0 Å². The summed E-state index contributed by atoms with van der Waals surface area (Å²) < 4.78 is 5.81. The molecule has 138 valence electrons. The lowest BCUT2D eigenvalue weighted by molar-refractivity contribution is -0.0728. The van der Waals surface area contributed by atoms with E-state index in [4.69, 9.17) is 4.74 Å². The van der Waals surface area contributed by atoms with Crippen molar-refractivity contribution >= 4 is 6.03 Å². The molecule has 5 nitrogen and oxygen atoms in total. The molecule has 0 radical (unpaired) electrons. The number of nitrogens with one attached hydrogen (secondary N) is 1. The van der Waals surface area contributed by atoms with Gasteiger partial charge in [-0.2, -0.15) is 0 Å². The van der Waals surface area contributed by atoms with Crippen molar-refractivity contribution in [3.8, 4) is 0 Å². The molecular weight excluding hydrogens is 314 g/mol. The number of ether oxygens (including phenoxy) is 1. The van der Waals surface area contributed by atoms with Gasteiger partial charge in [0.05, 0.1) is 12.2 Å². The van der Waals surface area contributed by atoms with Crippen molar-refractivity contribution in [2.75, 3.05) is 32.7 Å². The summed E-state index contributed by atoms with van der Waals surface area (Å²) in [7, 11) is 0. The molecule has 2 fully saturated rings. The zero-order valence-corrected chi connectivity index (χ0v) is 15.5. The van der Waals surface area contributed by atoms with E-state index in [1.807, 2.05) is 35.2 Å². The molecule has 2 heterocycles. The summed E-state index contributed by atoms with van der Waals surface area (Å²) in [4.78, 5) is 16.8. The second-order valence-electron chi connectivity index (χ2n) is 7.55. The number of likely N-dealkylation sites (tertiary alicyclic amines) is 1. The fraction of sp³-hybridized carbons (Fsp3) is 0.650. The van der Waals surface area contributed by atoms with Gasteiger partial charge in [-0.15, -0.1) is 0 Å². The molecule has 0 aromatic heterocycles. The van der Waals surface area contributed by atoms with E-state index in [1.165, 1.54) is 0 Å². The first-order valence-electron chi connectivity index (χ1n) is 9.54. The molecule has 1 aromatic rings. The first-order chi connectivity index (χ1) is 12.1. The number of benzene rings is 1. The zero-order chi connectivity index (χ0) is 17.6. The van der Waals surface area contributed by atoms with Crippen LogP contribution in [-0.2, 0) is 11.3 Å². The number of amides is 2. The van der Waals surface area contributed by atoms with Crippen molar-refractivity contribution in [1.29, 1.82) is 0 Å². The molecule has 0 bridgehead atoms. The molecule has 1 N–H and O–H groups in total. The second-order valence-corrected chi connectivity index (χ2v) is 7.55. The number of carbonyl (C=O) groups is 1. The highest BCUT2D eigenvalue weighted by Gasteiger charge is 2.27. The van der Waals surface area contributed by atoms with Crippen LogP contribution in [-0.4, -0.2) is 60.8 Å². The number of urea groups is 1. The highest BCUT2D eigenvalue weighted by atomic mass is 16.5. The molecule has 3 rings (SSSR count). The van der Waals surface area contributed by atoms with Crippen molar-refractivity contribution in [2.45, 2.75) is 45.4 Å². The third-order valence-electron chi connectivity index (χ3n) is 5.20. The van der Waals surface area contributed by atoms with Gasteiger partial charge in [0.2, 0.25) is 0 Å². The number of hydrogen-bond donors (Lipinski definition) is 1. The molecule has 2 saturated heterocycles. The average Bonchev–Trinajstić information content (AvgIpc) is 2.60. The molecule has 2 amide bonds. The van der Waals surface area contributed by atoms with Crippen LogP contribution in [0, 0.1) is 5.92 Å². The maximum atomic E-state index is 12.3. The van der Waals surface area contributed by atoms with Gasteiger partial charge in [0.25, 0.3) is 0 Å². The number of piperidine rings is 1. The predicted molar refractivity (Wildman–Crippen MR) is 99.4 cm³/mol. The quantitative estimate of drug-likeness (QED) is 0.913. The van der Waals surface area contributed by atoms with Crippen molar-refractivity contribution in [3.05, 3.63) is 35.9 Å². The summed E-state index contributed by atoms with van der Waals surface area (Å²) in [6.45, 7) is 9.83. The van der Waals surface area contributed by atoms with Crippen LogP contribution in [0.4, 0.5) is 4.79 Å². The first kappa shape index (κ1) is 18.2. The standard InChI is InChI=1S/C20H31N3O2/c1-16-13-22(14-17(2)25-16)15-19-8-10-23(11-9-19)20(24)21-12-18-6-4-3-5-7-18/h3-7,16-17,19H,8-15H2,1-2H3,(H,21,24). The Balaban J connectivity index is 1.38. The van der Waals surface area contributed by atoms with E-state index < -0.39 is 0 Å². The van der Waals surface area contributed by atoms with Gasteiger partial charge in [-0.1, -0.05) is 30.3 Å². The molecule has 0 aliphatic carbocycles. The minimum Gasteiger partial charge on any atom is -0.373 e. The Bertz CT molecular complexity index is 533. The third-order valence-corrected chi connectivity index (χ3v) is 5.20. The van der Waals surface area contributed by atoms with E-state index in [0.717, 1.165) is 51.1 Å². The Morgan fingerprint density at radius 1 is 1.12 bits per heavy atom. The maximum Gasteiger partial charge on any atom is 0.317 e. The summed E-state index contributed by atoms with van der Waals surface area (Å²) in [5, 5.41) is 3.04. The van der Waals surface area contributed by atoms with E-state index in [9.17, 15) is 4.79 Å². The molecule has 1 aromatic carbocycles. The molecule has 2 aliphatic rings. The second kappa shape index (κ2) is 8.68. The minimum atomic E-state index is 0.0657. The van der Waals surface area contributed by atoms with Gasteiger partial charge < -0.3 is 15.0 Å². The Labute approximate surface area is 151 Å². The average molecular weight is 345 g/mol. The molecule has 2 atom stereocenters. The van der Waals surface area contributed by atoms with Crippen molar-refractivity contribution in [2.24, 2.45) is 5.92 Å². The molecule has 0 spiro atoms. The van der Waals surface area contributed by atoms with Crippen LogP contribution in [0.15, 0.2) is 30.3 Å². The number of rotatable bonds is 4. The van der Waals surface area contributed by atoms with Gasteiger partial charge in [0.15, 0.2) is 0 Å². The molecule has 5 heteroatoms. The predicted octanol–water partition coefficient (Wildman–Crippen LogP) is 2.72. The smallest absolute Gasteiger partial charge is 0.317 e. The molecule has 2 aliphatic heterocycles. The largest absolute Gasteiger partial charge is 0.373 e. The van der Waals surface area contributed by atoms with Gasteiger partial charge in [-0.3, -0.25) is 4.90 Å². The van der Waals surface area contributed by atoms with Crippen LogP contribution in [0.2, 0.25) is 0 Å². The summed E-state index contributed by atoms with van der Waals surface area (Å²) in [6, 6.07) is 10.1. The van der Waals surface area contributed by atoms with Gasteiger partial charge in [-0.25, -0.2) is 4.79 Å². The van der Waals surface area contributed by atoms with Crippen molar-refractivity contribution < 1.29 is 9.53 Å².